The molecule has 0 spiro atoms. The van der Waals surface area contributed by atoms with E-state index in [4.69, 9.17) is 9.63 Å². The molecular weight excluding hydrogens is 210 g/mol. The van der Waals surface area contributed by atoms with Crippen LogP contribution in [0, 0.1) is 5.92 Å². The van der Waals surface area contributed by atoms with E-state index in [1.807, 2.05) is 25.9 Å². The van der Waals surface area contributed by atoms with E-state index < -0.39 is 5.97 Å². The molecule has 0 aliphatic heterocycles. The van der Waals surface area contributed by atoms with Crippen LogP contribution in [-0.4, -0.2) is 40.2 Å². The van der Waals surface area contributed by atoms with E-state index in [9.17, 15) is 4.79 Å². The minimum Gasteiger partial charge on any atom is -0.481 e. The molecule has 1 unspecified atom stereocenters. The van der Waals surface area contributed by atoms with Crippen molar-refractivity contribution < 1.29 is 14.4 Å². The molecule has 6 nitrogen and oxygen atoms in total. The van der Waals surface area contributed by atoms with Crippen molar-refractivity contribution in [2.45, 2.75) is 26.3 Å². The molecule has 90 valence electrons. The minimum atomic E-state index is -0.805. The molecule has 0 aromatic carbocycles. The van der Waals surface area contributed by atoms with Gasteiger partial charge >= 0.3 is 5.97 Å². The summed E-state index contributed by atoms with van der Waals surface area (Å²) in [6, 6.07) is 0. The summed E-state index contributed by atoms with van der Waals surface area (Å²) in [6.45, 7) is 2.47. The van der Waals surface area contributed by atoms with Gasteiger partial charge in [-0.05, 0) is 20.0 Å². The van der Waals surface area contributed by atoms with Crippen molar-refractivity contribution >= 4 is 5.97 Å². The first-order chi connectivity index (χ1) is 7.47. The molecule has 0 aliphatic carbocycles. The molecule has 6 heteroatoms. The fourth-order valence-corrected chi connectivity index (χ4v) is 1.39. The van der Waals surface area contributed by atoms with E-state index in [1.165, 1.54) is 0 Å². The number of carbonyl (C=O) groups is 1. The molecule has 0 aliphatic rings. The molecule has 1 aromatic rings. The first kappa shape index (κ1) is 12.6. The summed E-state index contributed by atoms with van der Waals surface area (Å²) >= 11 is 0. The third-order valence-electron chi connectivity index (χ3n) is 2.01. The lowest BCUT2D eigenvalue weighted by atomic mass is 10.0. The van der Waals surface area contributed by atoms with Gasteiger partial charge in [-0.2, -0.15) is 4.98 Å². The average molecular weight is 227 g/mol. The van der Waals surface area contributed by atoms with Crippen LogP contribution >= 0.6 is 0 Å². The Morgan fingerprint density at radius 1 is 1.56 bits per heavy atom. The zero-order valence-corrected chi connectivity index (χ0v) is 9.80. The van der Waals surface area contributed by atoms with Gasteiger partial charge in [0.2, 0.25) is 5.89 Å². The van der Waals surface area contributed by atoms with Crippen molar-refractivity contribution in [3.05, 3.63) is 11.7 Å². The number of hydrogen-bond donors (Lipinski definition) is 1. The Labute approximate surface area is 94.3 Å². The summed E-state index contributed by atoms with van der Waals surface area (Å²) in [7, 11) is 3.84. The van der Waals surface area contributed by atoms with Crippen LogP contribution in [-0.2, 0) is 17.8 Å². The summed E-state index contributed by atoms with van der Waals surface area (Å²) in [4.78, 5) is 16.6. The highest BCUT2D eigenvalue weighted by Gasteiger charge is 2.13. The van der Waals surface area contributed by atoms with Crippen LogP contribution in [0.3, 0.4) is 0 Å². The van der Waals surface area contributed by atoms with Crippen molar-refractivity contribution in [3.63, 3.8) is 0 Å². The lowest BCUT2D eigenvalue weighted by Crippen LogP contribution is -2.12. The summed E-state index contributed by atoms with van der Waals surface area (Å²) in [5.74, 6) is 0.332. The molecule has 1 heterocycles. The predicted molar refractivity (Wildman–Crippen MR) is 56.8 cm³/mol. The quantitative estimate of drug-likeness (QED) is 0.773. The Kier molecular flexibility index (Phi) is 4.42. The zero-order chi connectivity index (χ0) is 12.1. The fourth-order valence-electron chi connectivity index (χ4n) is 1.39. The molecule has 16 heavy (non-hydrogen) atoms. The van der Waals surface area contributed by atoms with Crippen LogP contribution in [0.4, 0.5) is 0 Å². The van der Waals surface area contributed by atoms with Gasteiger partial charge in [0.05, 0.1) is 6.54 Å². The number of aliphatic carboxylic acids is 1. The Balaban J connectivity index is 2.48. The highest BCUT2D eigenvalue weighted by molar-refractivity contribution is 5.66. The molecule has 0 fully saturated rings. The number of nitrogens with zero attached hydrogens (tertiary/aromatic N) is 3. The number of aromatic nitrogens is 2. The Morgan fingerprint density at radius 3 is 2.81 bits per heavy atom. The normalized spacial score (nSPS) is 13.0. The number of carboxylic acids is 1. The summed E-state index contributed by atoms with van der Waals surface area (Å²) in [6.07, 6.45) is 0.623. The third-order valence-corrected chi connectivity index (χ3v) is 2.01. The maximum atomic E-state index is 10.5. The van der Waals surface area contributed by atoms with Crippen molar-refractivity contribution in [2.24, 2.45) is 5.92 Å². The van der Waals surface area contributed by atoms with E-state index in [2.05, 4.69) is 10.1 Å². The molecule has 0 bridgehead atoms. The van der Waals surface area contributed by atoms with E-state index in [0.717, 1.165) is 0 Å². The van der Waals surface area contributed by atoms with Gasteiger partial charge in [0.1, 0.15) is 0 Å². The topological polar surface area (TPSA) is 79.5 Å². The summed E-state index contributed by atoms with van der Waals surface area (Å²) < 4.78 is 5.04. The van der Waals surface area contributed by atoms with Crippen LogP contribution in [0.25, 0.3) is 0 Å². The van der Waals surface area contributed by atoms with Crippen LogP contribution in [0.1, 0.15) is 25.1 Å². The van der Waals surface area contributed by atoms with Gasteiger partial charge in [-0.3, -0.25) is 4.79 Å². The minimum absolute atomic E-state index is 0.00477. The van der Waals surface area contributed by atoms with Gasteiger partial charge in [0.15, 0.2) is 5.82 Å². The largest absolute Gasteiger partial charge is 0.481 e. The Morgan fingerprint density at radius 2 is 2.25 bits per heavy atom. The van der Waals surface area contributed by atoms with E-state index in [0.29, 0.717) is 24.7 Å². The van der Waals surface area contributed by atoms with Crippen LogP contribution in [0.15, 0.2) is 4.52 Å². The van der Waals surface area contributed by atoms with Crippen LogP contribution in [0.5, 0.6) is 0 Å². The third kappa shape index (κ3) is 4.39. The number of hydrogen-bond acceptors (Lipinski definition) is 5. The van der Waals surface area contributed by atoms with Crippen LogP contribution in [0.2, 0.25) is 0 Å². The molecule has 0 saturated heterocycles. The standard InChI is InChI=1S/C10H17N3O3/c1-7(5-10(14)15)4-9-11-8(12-16-9)6-13(2)3/h7H,4-6H2,1-3H3,(H,14,15). The highest BCUT2D eigenvalue weighted by atomic mass is 16.5. The molecule has 0 radical (unpaired) electrons. The van der Waals surface area contributed by atoms with Crippen molar-refractivity contribution in [3.8, 4) is 0 Å². The zero-order valence-electron chi connectivity index (χ0n) is 9.80. The monoisotopic (exact) mass is 227 g/mol. The maximum absolute atomic E-state index is 10.5. The van der Waals surface area contributed by atoms with E-state index in [1.54, 1.807) is 0 Å². The van der Waals surface area contributed by atoms with Crippen LogP contribution < -0.4 is 0 Å². The number of carboxylic acid groups (broad SMARTS) is 1. The van der Waals surface area contributed by atoms with Crippen molar-refractivity contribution in [1.29, 1.82) is 0 Å². The molecule has 1 atom stereocenters. The highest BCUT2D eigenvalue weighted by Crippen LogP contribution is 2.10. The van der Waals surface area contributed by atoms with Crippen molar-refractivity contribution in [1.82, 2.24) is 15.0 Å². The second-order valence-electron chi connectivity index (χ2n) is 4.25. The van der Waals surface area contributed by atoms with E-state index in [-0.39, 0.29) is 12.3 Å². The molecule has 1 N–H and O–H groups in total. The number of rotatable bonds is 6. The van der Waals surface area contributed by atoms with Gasteiger partial charge in [-0.1, -0.05) is 12.1 Å². The lowest BCUT2D eigenvalue weighted by molar-refractivity contribution is -0.137. The van der Waals surface area contributed by atoms with Crippen molar-refractivity contribution in [2.75, 3.05) is 14.1 Å². The second kappa shape index (κ2) is 5.60. The molecule has 0 amide bonds. The van der Waals surface area contributed by atoms with Gasteiger partial charge in [-0.15, -0.1) is 0 Å². The average Bonchev–Trinajstić information content (AvgIpc) is 2.49. The first-order valence-corrected chi connectivity index (χ1v) is 5.15. The predicted octanol–water partition coefficient (Wildman–Crippen LogP) is 0.784. The summed E-state index contributed by atoms with van der Waals surface area (Å²) in [5, 5.41) is 12.4. The fraction of sp³-hybridized carbons (Fsp3) is 0.700. The smallest absolute Gasteiger partial charge is 0.303 e. The van der Waals surface area contributed by atoms with Gasteiger partial charge in [0, 0.05) is 12.8 Å². The molecule has 0 saturated carbocycles. The first-order valence-electron chi connectivity index (χ1n) is 5.15. The second-order valence-corrected chi connectivity index (χ2v) is 4.25. The van der Waals surface area contributed by atoms with E-state index >= 15 is 0 Å². The summed E-state index contributed by atoms with van der Waals surface area (Å²) in [5.41, 5.74) is 0. The lowest BCUT2D eigenvalue weighted by Gasteiger charge is -2.04. The van der Waals surface area contributed by atoms with Gasteiger partial charge in [-0.25, -0.2) is 0 Å². The van der Waals surface area contributed by atoms with Gasteiger partial charge < -0.3 is 14.5 Å². The molecule has 1 aromatic heterocycles. The SMILES string of the molecule is CC(CC(=O)O)Cc1nc(CN(C)C)no1. The van der Waals surface area contributed by atoms with Gasteiger partial charge in [0.25, 0.3) is 0 Å². The Bertz CT molecular complexity index is 349. The Hall–Kier alpha value is -1.43. The molecule has 1 rings (SSSR count). The maximum Gasteiger partial charge on any atom is 0.303 e. The molecular formula is C10H17N3O3.